The number of benzene rings is 1. The molecule has 2 aromatic rings. The van der Waals surface area contributed by atoms with E-state index in [0.717, 1.165) is 18.6 Å². The molecule has 0 bridgehead atoms. The average molecular weight is 390 g/mol. The molecule has 3 N–H and O–H groups in total. The molecule has 1 aromatic carbocycles. The molecule has 0 unspecified atom stereocenters. The Morgan fingerprint density at radius 2 is 2.07 bits per heavy atom. The van der Waals surface area contributed by atoms with Gasteiger partial charge in [-0.15, -0.1) is 13.2 Å². The highest BCUT2D eigenvalue weighted by atomic mass is 19.4. The zero-order chi connectivity index (χ0) is 20.0. The Kier molecular flexibility index (Phi) is 6.89. The second kappa shape index (κ2) is 8.94. The van der Waals surface area contributed by atoms with Crippen molar-refractivity contribution in [3.63, 3.8) is 0 Å². The van der Waals surface area contributed by atoms with E-state index in [0.29, 0.717) is 30.5 Å². The lowest BCUT2D eigenvalue weighted by atomic mass is 10.2. The lowest BCUT2D eigenvalue weighted by molar-refractivity contribution is -0.275. The third kappa shape index (κ3) is 6.63. The number of alkyl halides is 3. The van der Waals surface area contributed by atoms with Crippen LogP contribution in [0.1, 0.15) is 25.8 Å². The number of aromatic nitrogens is 2. The van der Waals surface area contributed by atoms with E-state index in [1.807, 2.05) is 13.8 Å². The number of hydrogen-bond donors (Lipinski definition) is 2. The van der Waals surface area contributed by atoms with Crippen molar-refractivity contribution in [2.24, 2.45) is 0 Å². The predicted octanol–water partition coefficient (Wildman–Crippen LogP) is 3.47. The second-order valence-corrected chi connectivity index (χ2v) is 5.97. The van der Waals surface area contributed by atoms with Crippen LogP contribution in [0.15, 0.2) is 24.4 Å². The molecule has 0 saturated heterocycles. The third-order valence-corrected chi connectivity index (χ3v) is 3.72. The number of hydrogen-bond acceptors (Lipinski definition) is 5. The van der Waals surface area contributed by atoms with Crippen LogP contribution in [0.5, 0.6) is 11.8 Å². The van der Waals surface area contributed by atoms with Gasteiger partial charge in [0.05, 0.1) is 12.3 Å². The lowest BCUT2D eigenvalue weighted by Crippen LogP contribution is -2.21. The van der Waals surface area contributed by atoms with E-state index in [-0.39, 0.29) is 12.6 Å². The summed E-state index contributed by atoms with van der Waals surface area (Å²) < 4.78 is 61.1. The Bertz CT molecular complexity index is 749. The van der Waals surface area contributed by atoms with Gasteiger partial charge in [0.25, 0.3) is 6.01 Å². The maximum atomic E-state index is 13.7. The minimum atomic E-state index is -4.93. The molecular formula is C17H22F4N4O2. The Balaban J connectivity index is 1.86. The molecule has 0 aliphatic carbocycles. The number of rotatable bonds is 9. The first-order valence-corrected chi connectivity index (χ1v) is 8.42. The van der Waals surface area contributed by atoms with Crippen molar-refractivity contribution in [3.05, 3.63) is 35.8 Å². The third-order valence-electron chi connectivity index (χ3n) is 3.72. The van der Waals surface area contributed by atoms with Gasteiger partial charge in [-0.25, -0.2) is 4.39 Å². The van der Waals surface area contributed by atoms with E-state index >= 15 is 0 Å². The summed E-state index contributed by atoms with van der Waals surface area (Å²) in [5, 5.41) is 3.07. The minimum Gasteiger partial charge on any atom is -0.462 e. The molecule has 1 heterocycles. The van der Waals surface area contributed by atoms with E-state index in [2.05, 4.69) is 15.0 Å². The Morgan fingerprint density at radius 1 is 1.33 bits per heavy atom. The van der Waals surface area contributed by atoms with Gasteiger partial charge in [0.15, 0.2) is 11.6 Å². The highest BCUT2D eigenvalue weighted by Gasteiger charge is 2.32. The zero-order valence-corrected chi connectivity index (χ0v) is 15.0. The highest BCUT2D eigenvalue weighted by molar-refractivity contribution is 5.30. The first kappa shape index (κ1) is 20.8. The van der Waals surface area contributed by atoms with Crippen LogP contribution in [0, 0.1) is 5.82 Å². The topological polar surface area (TPSA) is 74.3 Å². The van der Waals surface area contributed by atoms with Crippen molar-refractivity contribution in [1.29, 1.82) is 0 Å². The molecule has 27 heavy (non-hydrogen) atoms. The molecule has 10 heteroatoms. The highest BCUT2D eigenvalue weighted by Crippen LogP contribution is 2.26. The van der Waals surface area contributed by atoms with Crippen LogP contribution in [0.25, 0.3) is 0 Å². The number of nitrogens with zero attached hydrogens (tertiary/aromatic N) is 2. The molecule has 0 aliphatic heterocycles. The maximum absolute atomic E-state index is 13.7. The fourth-order valence-corrected chi connectivity index (χ4v) is 2.23. The summed E-state index contributed by atoms with van der Waals surface area (Å²) in [4.78, 5) is 4.12. The summed E-state index contributed by atoms with van der Waals surface area (Å²) in [6.07, 6.45) is -2.45. The summed E-state index contributed by atoms with van der Waals surface area (Å²) >= 11 is 0. The first-order valence-electron chi connectivity index (χ1n) is 8.42. The van der Waals surface area contributed by atoms with Crippen LogP contribution in [0.2, 0.25) is 0 Å². The number of anilines is 1. The van der Waals surface area contributed by atoms with E-state index < -0.39 is 17.9 Å². The largest absolute Gasteiger partial charge is 0.573 e. The van der Waals surface area contributed by atoms with Gasteiger partial charge in [-0.05, 0) is 31.0 Å². The smallest absolute Gasteiger partial charge is 0.462 e. The molecule has 1 atom stereocenters. The Morgan fingerprint density at radius 3 is 2.70 bits per heavy atom. The van der Waals surface area contributed by atoms with Gasteiger partial charge in [-0.1, -0.05) is 13.0 Å². The first-order chi connectivity index (χ1) is 12.7. The summed E-state index contributed by atoms with van der Waals surface area (Å²) in [5.41, 5.74) is 6.19. The fourth-order valence-electron chi connectivity index (χ4n) is 2.23. The van der Waals surface area contributed by atoms with Crippen molar-refractivity contribution in [1.82, 2.24) is 14.9 Å². The van der Waals surface area contributed by atoms with Gasteiger partial charge in [-0.3, -0.25) is 4.57 Å². The minimum absolute atomic E-state index is 0.00100. The van der Waals surface area contributed by atoms with E-state index in [1.165, 1.54) is 6.07 Å². The molecule has 0 aliphatic rings. The van der Waals surface area contributed by atoms with Gasteiger partial charge >= 0.3 is 6.36 Å². The van der Waals surface area contributed by atoms with E-state index in [9.17, 15) is 17.6 Å². The summed E-state index contributed by atoms with van der Waals surface area (Å²) in [5.74, 6) is -1.58. The molecule has 0 amide bonds. The molecule has 6 nitrogen and oxygen atoms in total. The van der Waals surface area contributed by atoms with Gasteiger partial charge in [-0.2, -0.15) is 4.98 Å². The molecule has 1 aromatic heterocycles. The maximum Gasteiger partial charge on any atom is 0.573 e. The number of imidazole rings is 1. The lowest BCUT2D eigenvalue weighted by Gasteiger charge is -2.14. The van der Waals surface area contributed by atoms with Crippen LogP contribution in [0.4, 0.5) is 23.4 Å². The summed E-state index contributed by atoms with van der Waals surface area (Å²) in [6.45, 7) is 5.19. The molecule has 0 saturated carbocycles. The number of nitrogen functional groups attached to an aromatic ring is 1. The van der Waals surface area contributed by atoms with Gasteiger partial charge in [0.1, 0.15) is 5.82 Å². The normalized spacial score (nSPS) is 12.8. The van der Waals surface area contributed by atoms with Gasteiger partial charge in [0.2, 0.25) is 0 Å². The standard InChI is InChI=1S/C17H22F4N4O2/c1-3-11(2)26-16-24-15(22)10-25(16)7-6-23-9-12-4-5-14(13(18)8-12)27-17(19,20)21/h4-5,8,10-11,23H,3,6-7,9,22H2,1-2H3/t11-/m0/s1. The number of halogens is 4. The van der Waals surface area contributed by atoms with E-state index in [4.69, 9.17) is 10.5 Å². The van der Waals surface area contributed by atoms with Crippen LogP contribution in [-0.4, -0.2) is 28.6 Å². The van der Waals surface area contributed by atoms with Crippen molar-refractivity contribution in [3.8, 4) is 11.8 Å². The Labute approximate surface area is 154 Å². The van der Waals surface area contributed by atoms with Gasteiger partial charge < -0.3 is 20.5 Å². The number of nitrogens with two attached hydrogens (primary N) is 1. The summed E-state index contributed by atoms with van der Waals surface area (Å²) in [6, 6.07) is 3.74. The van der Waals surface area contributed by atoms with Crippen LogP contribution in [0.3, 0.4) is 0 Å². The molecule has 0 fully saturated rings. The zero-order valence-electron chi connectivity index (χ0n) is 15.0. The fraction of sp³-hybridized carbons (Fsp3) is 0.471. The van der Waals surface area contributed by atoms with E-state index in [1.54, 1.807) is 10.8 Å². The van der Waals surface area contributed by atoms with Crippen molar-refractivity contribution >= 4 is 5.82 Å². The second-order valence-electron chi connectivity index (χ2n) is 5.97. The molecule has 150 valence electrons. The predicted molar refractivity (Wildman–Crippen MR) is 91.8 cm³/mol. The SMILES string of the molecule is CC[C@H](C)Oc1nc(N)cn1CCNCc1ccc(OC(F)(F)F)c(F)c1. The van der Waals surface area contributed by atoms with Crippen LogP contribution < -0.4 is 20.5 Å². The quantitative estimate of drug-likeness (QED) is 0.507. The number of nitrogens with one attached hydrogen (secondary N) is 1. The average Bonchev–Trinajstić information content (AvgIpc) is 2.92. The molecular weight excluding hydrogens is 368 g/mol. The monoisotopic (exact) mass is 390 g/mol. The Hall–Kier alpha value is -2.49. The molecule has 0 radical (unpaired) electrons. The summed E-state index contributed by atoms with van der Waals surface area (Å²) in [7, 11) is 0. The van der Waals surface area contributed by atoms with Crippen molar-refractivity contribution in [2.45, 2.75) is 45.8 Å². The van der Waals surface area contributed by atoms with Gasteiger partial charge in [0, 0.05) is 19.6 Å². The molecule has 0 spiro atoms. The van der Waals surface area contributed by atoms with Crippen molar-refractivity contribution < 1.29 is 27.0 Å². The van der Waals surface area contributed by atoms with Crippen LogP contribution >= 0.6 is 0 Å². The van der Waals surface area contributed by atoms with Crippen molar-refractivity contribution in [2.75, 3.05) is 12.3 Å². The van der Waals surface area contributed by atoms with Crippen LogP contribution in [-0.2, 0) is 13.1 Å². The number of ether oxygens (including phenoxy) is 2. The molecule has 2 rings (SSSR count).